The Morgan fingerprint density at radius 3 is 2.30 bits per heavy atom. The van der Waals surface area contributed by atoms with Crippen molar-refractivity contribution in [2.45, 2.75) is 58.5 Å². The van der Waals surface area contributed by atoms with E-state index in [0.717, 1.165) is 22.6 Å². The molecule has 0 aromatic heterocycles. The van der Waals surface area contributed by atoms with Gasteiger partial charge < -0.3 is 18.9 Å². The lowest BCUT2D eigenvalue weighted by Gasteiger charge is -2.38. The average molecular weight is 506 g/mol. The number of nitrogens with zero attached hydrogens (tertiary/aromatic N) is 1. The highest BCUT2D eigenvalue weighted by molar-refractivity contribution is 6.12. The highest BCUT2D eigenvalue weighted by atomic mass is 16.5. The van der Waals surface area contributed by atoms with E-state index in [1.807, 2.05) is 70.2 Å². The molecule has 196 valence electrons. The zero-order valence-electron chi connectivity index (χ0n) is 22.4. The van der Waals surface area contributed by atoms with Crippen LogP contribution in [0.4, 0.5) is 0 Å². The van der Waals surface area contributed by atoms with Crippen LogP contribution in [0.3, 0.4) is 0 Å². The van der Waals surface area contributed by atoms with Gasteiger partial charge in [-0.15, -0.1) is 0 Å². The number of rotatable bonds is 8. The summed E-state index contributed by atoms with van der Waals surface area (Å²) in [5.74, 6) is 0.501. The van der Waals surface area contributed by atoms with Crippen molar-refractivity contribution in [3.8, 4) is 17.2 Å². The van der Waals surface area contributed by atoms with Crippen LogP contribution in [0.15, 0.2) is 58.7 Å². The Morgan fingerprint density at radius 1 is 0.973 bits per heavy atom. The Labute approximate surface area is 218 Å². The molecular formula is C30H35NO6. The summed E-state index contributed by atoms with van der Waals surface area (Å²) in [7, 11) is 3.21. The lowest BCUT2D eigenvalue weighted by atomic mass is 9.66. The highest BCUT2D eigenvalue weighted by Gasteiger charge is 2.46. The van der Waals surface area contributed by atoms with Crippen LogP contribution in [0, 0.1) is 5.92 Å². The fraction of sp³-hybridized carbons (Fsp3) is 0.433. The first-order valence-corrected chi connectivity index (χ1v) is 12.7. The second-order valence-electron chi connectivity index (χ2n) is 9.70. The number of ether oxygens (including phenoxy) is 4. The fourth-order valence-corrected chi connectivity index (χ4v) is 5.34. The first kappa shape index (κ1) is 26.5. The molecule has 3 atom stereocenters. The lowest BCUT2D eigenvalue weighted by Crippen LogP contribution is -2.41. The van der Waals surface area contributed by atoms with Gasteiger partial charge in [-0.1, -0.05) is 18.2 Å². The molecule has 1 fully saturated rings. The van der Waals surface area contributed by atoms with Crippen molar-refractivity contribution in [2.24, 2.45) is 10.9 Å². The molecule has 4 rings (SSSR count). The van der Waals surface area contributed by atoms with Gasteiger partial charge in [0.2, 0.25) is 0 Å². The molecule has 37 heavy (non-hydrogen) atoms. The number of fused-ring (bicyclic) bond motifs is 1. The van der Waals surface area contributed by atoms with Gasteiger partial charge in [-0.25, -0.2) is 4.79 Å². The summed E-state index contributed by atoms with van der Waals surface area (Å²) in [6, 6.07) is 13.4. The summed E-state index contributed by atoms with van der Waals surface area (Å²) in [5, 5.41) is 0. The number of carbonyl (C=O) groups is 2. The predicted octanol–water partition coefficient (Wildman–Crippen LogP) is 5.63. The minimum absolute atomic E-state index is 0.0147. The number of carbonyl (C=O) groups excluding carboxylic acids is 2. The molecule has 0 N–H and O–H groups in total. The normalized spacial score (nSPS) is 21.3. The predicted molar refractivity (Wildman–Crippen MR) is 142 cm³/mol. The molecule has 1 heterocycles. The molecule has 7 nitrogen and oxygen atoms in total. The maximum atomic E-state index is 13.8. The van der Waals surface area contributed by atoms with Crippen molar-refractivity contribution in [3.05, 3.63) is 64.9 Å². The number of hydrogen-bond acceptors (Lipinski definition) is 7. The molecule has 0 bridgehead atoms. The fourth-order valence-electron chi connectivity index (χ4n) is 5.34. The summed E-state index contributed by atoms with van der Waals surface area (Å²) in [6.45, 7) is 7.84. The van der Waals surface area contributed by atoms with Gasteiger partial charge in [0.1, 0.15) is 11.5 Å². The Kier molecular flexibility index (Phi) is 8.00. The van der Waals surface area contributed by atoms with Crippen molar-refractivity contribution < 1.29 is 28.5 Å². The van der Waals surface area contributed by atoms with E-state index >= 15 is 0 Å². The van der Waals surface area contributed by atoms with E-state index in [1.54, 1.807) is 14.2 Å². The van der Waals surface area contributed by atoms with Crippen LogP contribution in [-0.2, 0) is 14.3 Å². The van der Waals surface area contributed by atoms with E-state index in [2.05, 4.69) is 0 Å². The van der Waals surface area contributed by atoms with Crippen LogP contribution in [0.25, 0.3) is 0 Å². The number of aliphatic imine (C=N–C) groups is 1. The van der Waals surface area contributed by atoms with Crippen LogP contribution in [0.2, 0.25) is 0 Å². The highest BCUT2D eigenvalue weighted by Crippen LogP contribution is 2.47. The van der Waals surface area contributed by atoms with Crippen molar-refractivity contribution in [2.75, 3.05) is 20.8 Å². The van der Waals surface area contributed by atoms with Crippen molar-refractivity contribution in [1.29, 1.82) is 0 Å². The average Bonchev–Trinajstić information content (AvgIpc) is 2.87. The SMILES string of the molecule is CCOc1ccc([C@@H]2C(C(=O)OC(C)C)=C(C)N=C3C[C@@H](c4ccc(OC)cc4)CC(=O)C32)cc1OC. The zero-order chi connectivity index (χ0) is 26.7. The molecule has 1 aliphatic heterocycles. The molecule has 0 amide bonds. The maximum Gasteiger partial charge on any atom is 0.336 e. The number of esters is 1. The smallest absolute Gasteiger partial charge is 0.336 e. The first-order chi connectivity index (χ1) is 17.8. The van der Waals surface area contributed by atoms with Crippen LogP contribution >= 0.6 is 0 Å². The number of ketones is 1. The monoisotopic (exact) mass is 505 g/mol. The van der Waals surface area contributed by atoms with E-state index in [4.69, 9.17) is 23.9 Å². The minimum Gasteiger partial charge on any atom is -0.497 e. The maximum absolute atomic E-state index is 13.8. The standard InChI is InChI=1S/C30H35NO6/c1-7-36-25-13-10-20(16-26(25)35-6)28-27(30(33)37-17(2)3)18(4)31-23-14-21(15-24(32)29(23)28)19-8-11-22(34-5)12-9-19/h8-13,16-17,21,28-29H,7,14-15H2,1-6H3/t21-,28-,29?/m1/s1. The van der Waals surface area contributed by atoms with Gasteiger partial charge in [0, 0.05) is 23.7 Å². The summed E-state index contributed by atoms with van der Waals surface area (Å²) in [6.07, 6.45) is 0.707. The van der Waals surface area contributed by atoms with Gasteiger partial charge in [0.15, 0.2) is 11.5 Å². The minimum atomic E-state index is -0.546. The molecule has 2 aliphatic rings. The van der Waals surface area contributed by atoms with E-state index in [1.165, 1.54) is 0 Å². The second kappa shape index (κ2) is 11.2. The van der Waals surface area contributed by atoms with Gasteiger partial charge in [0.05, 0.1) is 38.4 Å². The van der Waals surface area contributed by atoms with Gasteiger partial charge in [-0.3, -0.25) is 9.79 Å². The number of Topliss-reactive ketones (excluding diaryl/α,β-unsaturated/α-hetero) is 1. The van der Waals surface area contributed by atoms with Crippen molar-refractivity contribution in [1.82, 2.24) is 0 Å². The molecule has 0 saturated heterocycles. The third kappa shape index (κ3) is 5.41. The molecule has 1 saturated carbocycles. The Bertz CT molecular complexity index is 1230. The van der Waals surface area contributed by atoms with Crippen LogP contribution in [-0.4, -0.2) is 44.4 Å². The quantitative estimate of drug-likeness (QED) is 0.433. The molecule has 1 unspecified atom stereocenters. The third-order valence-electron chi connectivity index (χ3n) is 6.95. The number of allylic oxidation sites excluding steroid dienone is 1. The topological polar surface area (TPSA) is 83.4 Å². The van der Waals surface area contributed by atoms with E-state index in [-0.39, 0.29) is 17.8 Å². The molecule has 0 spiro atoms. The van der Waals surface area contributed by atoms with E-state index in [0.29, 0.717) is 42.2 Å². The lowest BCUT2D eigenvalue weighted by molar-refractivity contribution is -0.143. The van der Waals surface area contributed by atoms with Gasteiger partial charge >= 0.3 is 5.97 Å². The number of methoxy groups -OCH3 is 2. The Morgan fingerprint density at radius 2 is 1.68 bits per heavy atom. The molecule has 7 heteroatoms. The second-order valence-corrected chi connectivity index (χ2v) is 9.70. The van der Waals surface area contributed by atoms with E-state index < -0.39 is 17.8 Å². The summed E-state index contributed by atoms with van der Waals surface area (Å²) in [5.41, 5.74) is 3.67. The number of benzene rings is 2. The summed E-state index contributed by atoms with van der Waals surface area (Å²) >= 11 is 0. The summed E-state index contributed by atoms with van der Waals surface area (Å²) in [4.78, 5) is 32.0. The molecular weight excluding hydrogens is 470 g/mol. The van der Waals surface area contributed by atoms with E-state index in [9.17, 15) is 9.59 Å². The molecule has 2 aromatic carbocycles. The largest absolute Gasteiger partial charge is 0.497 e. The van der Waals surface area contributed by atoms with Gasteiger partial charge in [0.25, 0.3) is 0 Å². The van der Waals surface area contributed by atoms with Crippen LogP contribution < -0.4 is 14.2 Å². The van der Waals surface area contributed by atoms with Gasteiger partial charge in [-0.05, 0) is 75.4 Å². The van der Waals surface area contributed by atoms with Crippen LogP contribution in [0.1, 0.15) is 63.5 Å². The number of hydrogen-bond donors (Lipinski definition) is 0. The zero-order valence-corrected chi connectivity index (χ0v) is 22.4. The molecule has 2 aromatic rings. The van der Waals surface area contributed by atoms with Gasteiger partial charge in [-0.2, -0.15) is 0 Å². The third-order valence-corrected chi connectivity index (χ3v) is 6.95. The Balaban J connectivity index is 1.78. The molecule has 1 aliphatic carbocycles. The van der Waals surface area contributed by atoms with Crippen LogP contribution in [0.5, 0.6) is 17.2 Å². The van der Waals surface area contributed by atoms with Crippen molar-refractivity contribution >= 4 is 17.5 Å². The Hall–Kier alpha value is -3.61. The van der Waals surface area contributed by atoms with Crippen molar-refractivity contribution in [3.63, 3.8) is 0 Å². The first-order valence-electron chi connectivity index (χ1n) is 12.7. The summed E-state index contributed by atoms with van der Waals surface area (Å²) < 4.78 is 22.2. The molecule has 0 radical (unpaired) electrons.